The summed E-state index contributed by atoms with van der Waals surface area (Å²) in [6, 6.07) is 5.65. The normalized spacial score (nSPS) is 10.4. The van der Waals surface area contributed by atoms with E-state index < -0.39 is 0 Å². The minimum atomic E-state index is 0.134. The Morgan fingerprint density at radius 3 is 2.64 bits per heavy atom. The summed E-state index contributed by atoms with van der Waals surface area (Å²) in [5, 5.41) is 3.52. The fourth-order valence-electron chi connectivity index (χ4n) is 1.01. The summed E-state index contributed by atoms with van der Waals surface area (Å²) < 4.78 is 6.78. The SMILES string of the molecule is Nc1noc(-c2ccc(Br)cc2Br)n1. The molecular formula is C8H5Br2N3O. The van der Waals surface area contributed by atoms with Gasteiger partial charge in [-0.3, -0.25) is 0 Å². The summed E-state index contributed by atoms with van der Waals surface area (Å²) in [7, 11) is 0. The number of nitrogens with two attached hydrogens (primary N) is 1. The lowest BCUT2D eigenvalue weighted by atomic mass is 10.2. The molecule has 72 valence electrons. The van der Waals surface area contributed by atoms with Gasteiger partial charge in [0.2, 0.25) is 0 Å². The van der Waals surface area contributed by atoms with Crippen LogP contribution in [-0.2, 0) is 0 Å². The summed E-state index contributed by atoms with van der Waals surface area (Å²) in [6.07, 6.45) is 0. The predicted octanol–water partition coefficient (Wildman–Crippen LogP) is 2.84. The van der Waals surface area contributed by atoms with Gasteiger partial charge in [0, 0.05) is 8.95 Å². The number of nitrogen functional groups attached to an aromatic ring is 1. The van der Waals surface area contributed by atoms with E-state index in [1.807, 2.05) is 18.2 Å². The number of halogens is 2. The lowest BCUT2D eigenvalue weighted by Crippen LogP contribution is -1.86. The number of nitrogens with zero attached hydrogens (tertiary/aromatic N) is 2. The van der Waals surface area contributed by atoms with E-state index in [9.17, 15) is 0 Å². The average molecular weight is 319 g/mol. The van der Waals surface area contributed by atoms with Crippen LogP contribution in [0.1, 0.15) is 0 Å². The van der Waals surface area contributed by atoms with Crippen molar-refractivity contribution in [3.05, 3.63) is 27.1 Å². The second kappa shape index (κ2) is 3.70. The molecule has 1 heterocycles. The maximum absolute atomic E-state index is 5.36. The highest BCUT2D eigenvalue weighted by Gasteiger charge is 2.10. The molecule has 0 aliphatic carbocycles. The minimum Gasteiger partial charge on any atom is -0.365 e. The van der Waals surface area contributed by atoms with Crippen molar-refractivity contribution in [3.8, 4) is 11.5 Å². The second-order valence-electron chi connectivity index (χ2n) is 2.58. The summed E-state index contributed by atoms with van der Waals surface area (Å²) >= 11 is 6.75. The van der Waals surface area contributed by atoms with Gasteiger partial charge in [0.1, 0.15) is 0 Å². The van der Waals surface area contributed by atoms with Crippen molar-refractivity contribution in [2.24, 2.45) is 0 Å². The fraction of sp³-hybridized carbons (Fsp3) is 0. The van der Waals surface area contributed by atoms with E-state index >= 15 is 0 Å². The Bertz CT molecular complexity index is 469. The molecular weight excluding hydrogens is 314 g/mol. The number of hydrogen-bond acceptors (Lipinski definition) is 4. The molecule has 0 fully saturated rings. The van der Waals surface area contributed by atoms with Crippen LogP contribution in [0.15, 0.2) is 31.7 Å². The Labute approximate surface area is 96.7 Å². The van der Waals surface area contributed by atoms with E-state index in [1.165, 1.54) is 0 Å². The molecule has 2 N–H and O–H groups in total. The zero-order chi connectivity index (χ0) is 10.1. The minimum absolute atomic E-state index is 0.134. The Hall–Kier alpha value is -0.880. The van der Waals surface area contributed by atoms with Crippen molar-refractivity contribution >= 4 is 37.8 Å². The average Bonchev–Trinajstić information content (AvgIpc) is 2.51. The highest BCUT2D eigenvalue weighted by atomic mass is 79.9. The van der Waals surface area contributed by atoms with Gasteiger partial charge in [-0.1, -0.05) is 15.9 Å². The number of anilines is 1. The molecule has 0 spiro atoms. The first-order valence-corrected chi connectivity index (χ1v) is 5.30. The highest BCUT2D eigenvalue weighted by molar-refractivity contribution is 9.11. The fourth-order valence-corrected chi connectivity index (χ4v) is 2.22. The maximum atomic E-state index is 5.36. The molecule has 6 heteroatoms. The molecule has 4 nitrogen and oxygen atoms in total. The van der Waals surface area contributed by atoms with Gasteiger partial charge in [-0.15, -0.1) is 0 Å². The number of benzene rings is 1. The van der Waals surface area contributed by atoms with E-state index in [-0.39, 0.29) is 5.95 Å². The molecule has 0 unspecified atom stereocenters. The summed E-state index contributed by atoms with van der Waals surface area (Å²) in [5.74, 6) is 0.539. The topological polar surface area (TPSA) is 64.9 Å². The number of rotatable bonds is 1. The van der Waals surface area contributed by atoms with Gasteiger partial charge in [0.25, 0.3) is 11.8 Å². The van der Waals surface area contributed by atoms with E-state index in [1.54, 1.807) is 0 Å². The third-order valence-electron chi connectivity index (χ3n) is 1.60. The molecule has 0 radical (unpaired) electrons. The van der Waals surface area contributed by atoms with Crippen molar-refractivity contribution in [2.45, 2.75) is 0 Å². The van der Waals surface area contributed by atoms with Crippen molar-refractivity contribution in [3.63, 3.8) is 0 Å². The van der Waals surface area contributed by atoms with Gasteiger partial charge in [-0.2, -0.15) is 4.98 Å². The van der Waals surface area contributed by atoms with Crippen molar-refractivity contribution in [1.29, 1.82) is 0 Å². The van der Waals surface area contributed by atoms with E-state index in [2.05, 4.69) is 42.0 Å². The predicted molar refractivity (Wildman–Crippen MR) is 59.5 cm³/mol. The standard InChI is InChI=1S/C8H5Br2N3O/c9-4-1-2-5(6(10)3-4)7-12-8(11)13-14-7/h1-3H,(H2,11,13). The van der Waals surface area contributed by atoms with Crippen molar-refractivity contribution in [1.82, 2.24) is 10.1 Å². The molecule has 0 saturated carbocycles. The van der Waals surface area contributed by atoms with Crippen LogP contribution >= 0.6 is 31.9 Å². The first kappa shape index (κ1) is 9.67. The highest BCUT2D eigenvalue weighted by Crippen LogP contribution is 2.29. The van der Waals surface area contributed by atoms with Crippen molar-refractivity contribution in [2.75, 3.05) is 5.73 Å². The molecule has 0 aliphatic heterocycles. The summed E-state index contributed by atoms with van der Waals surface area (Å²) in [5.41, 5.74) is 6.17. The summed E-state index contributed by atoms with van der Waals surface area (Å²) in [6.45, 7) is 0. The van der Waals surface area contributed by atoms with Crippen LogP contribution in [-0.4, -0.2) is 10.1 Å². The zero-order valence-corrected chi connectivity index (χ0v) is 10.0. The lowest BCUT2D eigenvalue weighted by molar-refractivity contribution is 0.433. The van der Waals surface area contributed by atoms with Gasteiger partial charge >= 0.3 is 0 Å². The molecule has 2 aromatic rings. The first-order chi connectivity index (χ1) is 6.66. The van der Waals surface area contributed by atoms with Crippen LogP contribution in [0.5, 0.6) is 0 Å². The molecule has 0 atom stereocenters. The maximum Gasteiger partial charge on any atom is 0.261 e. The van der Waals surface area contributed by atoms with E-state index in [0.29, 0.717) is 5.89 Å². The third kappa shape index (κ3) is 1.80. The van der Waals surface area contributed by atoms with Crippen LogP contribution in [0.3, 0.4) is 0 Å². The van der Waals surface area contributed by atoms with Gasteiger partial charge in [-0.05, 0) is 39.3 Å². The Kier molecular flexibility index (Phi) is 2.56. The molecule has 14 heavy (non-hydrogen) atoms. The molecule has 1 aromatic heterocycles. The largest absolute Gasteiger partial charge is 0.365 e. The van der Waals surface area contributed by atoms with Gasteiger partial charge in [-0.25, -0.2) is 0 Å². The van der Waals surface area contributed by atoms with Gasteiger partial charge < -0.3 is 10.3 Å². The summed E-state index contributed by atoms with van der Waals surface area (Å²) in [4.78, 5) is 3.93. The second-order valence-corrected chi connectivity index (χ2v) is 4.35. The third-order valence-corrected chi connectivity index (χ3v) is 2.75. The van der Waals surface area contributed by atoms with Crippen LogP contribution in [0.4, 0.5) is 5.95 Å². The smallest absolute Gasteiger partial charge is 0.261 e. The molecule has 0 amide bonds. The van der Waals surface area contributed by atoms with Gasteiger partial charge in [0.05, 0.1) is 5.56 Å². The number of aromatic nitrogens is 2. The van der Waals surface area contributed by atoms with Crippen LogP contribution in [0.2, 0.25) is 0 Å². The van der Waals surface area contributed by atoms with Crippen LogP contribution in [0.25, 0.3) is 11.5 Å². The van der Waals surface area contributed by atoms with Crippen LogP contribution in [0, 0.1) is 0 Å². The number of hydrogen-bond donors (Lipinski definition) is 1. The molecule has 1 aromatic carbocycles. The quantitative estimate of drug-likeness (QED) is 0.878. The molecule has 0 saturated heterocycles. The van der Waals surface area contributed by atoms with Gasteiger partial charge in [0.15, 0.2) is 0 Å². The van der Waals surface area contributed by atoms with E-state index in [0.717, 1.165) is 14.5 Å². The first-order valence-electron chi connectivity index (χ1n) is 3.71. The Morgan fingerprint density at radius 1 is 1.29 bits per heavy atom. The molecule has 2 rings (SSSR count). The van der Waals surface area contributed by atoms with E-state index in [4.69, 9.17) is 10.3 Å². The lowest BCUT2D eigenvalue weighted by Gasteiger charge is -1.98. The van der Waals surface area contributed by atoms with Crippen LogP contribution < -0.4 is 5.73 Å². The zero-order valence-electron chi connectivity index (χ0n) is 6.87. The Balaban J connectivity index is 2.52. The van der Waals surface area contributed by atoms with Crippen molar-refractivity contribution < 1.29 is 4.52 Å². The monoisotopic (exact) mass is 317 g/mol. The Morgan fingerprint density at radius 2 is 2.07 bits per heavy atom. The molecule has 0 aliphatic rings. The molecule has 0 bridgehead atoms.